The van der Waals surface area contributed by atoms with Crippen LogP contribution in [0.15, 0.2) is 0 Å². The van der Waals surface area contributed by atoms with Crippen molar-refractivity contribution in [1.82, 2.24) is 0 Å². The zero-order chi connectivity index (χ0) is 19.1. The van der Waals surface area contributed by atoms with E-state index in [0.29, 0.717) is 0 Å². The van der Waals surface area contributed by atoms with Gasteiger partial charge >= 0.3 is 20.8 Å². The lowest BCUT2D eigenvalue weighted by Gasteiger charge is -2.29. The van der Waals surface area contributed by atoms with Crippen LogP contribution in [0.2, 0.25) is 0 Å². The van der Waals surface area contributed by atoms with Gasteiger partial charge in [-0.3, -0.25) is 13.9 Å². The van der Waals surface area contributed by atoms with Crippen molar-refractivity contribution in [3.05, 3.63) is 0 Å². The van der Waals surface area contributed by atoms with Crippen LogP contribution in [0.1, 0.15) is 21.1 Å². The van der Waals surface area contributed by atoms with Gasteiger partial charge in [0.1, 0.15) is 18.3 Å². The van der Waals surface area contributed by atoms with Crippen molar-refractivity contribution in [2.24, 2.45) is 0 Å². The molecule has 23 heavy (non-hydrogen) atoms. The molecule has 0 bridgehead atoms. The van der Waals surface area contributed by atoms with Crippen LogP contribution in [0.4, 0.5) is 0 Å². The Balaban J connectivity index is 5.80. The van der Waals surface area contributed by atoms with Gasteiger partial charge in [-0.05, 0) is 6.42 Å². The predicted molar refractivity (Wildman–Crippen MR) is 71.9 cm³/mol. The van der Waals surface area contributed by atoms with Crippen molar-refractivity contribution in [1.29, 1.82) is 0 Å². The van der Waals surface area contributed by atoms with Gasteiger partial charge in [-0.25, -0.2) is 8.37 Å². The number of aliphatic hydroxyl groups is 3. The molecule has 14 heteroatoms. The topological polar surface area (TPSA) is 205 Å². The predicted octanol–water partition coefficient (Wildman–Crippen LogP) is -2.55. The van der Waals surface area contributed by atoms with Crippen molar-refractivity contribution in [2.75, 3.05) is 6.61 Å². The van der Waals surface area contributed by atoms with E-state index in [1.54, 1.807) is 0 Å². The minimum atomic E-state index is -5.36. The molecule has 0 unspecified atom stereocenters. The number of Topliss-reactive ketones (excluding diaryl/α,β-unsaturated/α-hetero) is 1. The Morgan fingerprint density at radius 3 is 2.04 bits per heavy atom. The van der Waals surface area contributed by atoms with Gasteiger partial charge in [0.15, 0.2) is 11.9 Å². The number of ketones is 1. The van der Waals surface area contributed by atoms with E-state index >= 15 is 0 Å². The zero-order valence-corrected chi connectivity index (χ0v) is 13.2. The first-order valence-corrected chi connectivity index (χ1v) is 8.65. The molecule has 0 radical (unpaired) electrons. The molecule has 0 fully saturated rings. The van der Waals surface area contributed by atoms with Crippen molar-refractivity contribution >= 4 is 26.6 Å². The SMILES string of the molecule is [2H]CCCC(=O)[C@H](OS(=O)(=O)O)[C@@H](OS(=O)(=O)O)[C@H](O)[C@H](O)CO. The summed E-state index contributed by atoms with van der Waals surface area (Å²) in [7, 11) is -10.7. The molecular weight excluding hydrogens is 364 g/mol. The monoisotopic (exact) mass is 383 g/mol. The van der Waals surface area contributed by atoms with Crippen LogP contribution in [-0.4, -0.2) is 78.1 Å². The normalized spacial score (nSPS) is 18.7. The Kier molecular flexibility index (Phi) is 7.91. The van der Waals surface area contributed by atoms with Gasteiger partial charge in [-0.15, -0.1) is 0 Å². The summed E-state index contributed by atoms with van der Waals surface area (Å²) in [6.07, 6.45) is -10.1. The third-order valence-corrected chi connectivity index (χ3v) is 3.33. The smallest absolute Gasteiger partial charge is 0.394 e. The zero-order valence-electron chi connectivity index (χ0n) is 12.5. The van der Waals surface area contributed by atoms with E-state index in [2.05, 4.69) is 8.37 Å². The molecule has 0 aliphatic rings. The van der Waals surface area contributed by atoms with Crippen LogP contribution >= 0.6 is 0 Å². The molecule has 0 amide bonds. The highest BCUT2D eigenvalue weighted by Crippen LogP contribution is 2.19. The molecule has 5 N–H and O–H groups in total. The molecular formula is C9H18O12S2. The van der Waals surface area contributed by atoms with E-state index in [0.717, 1.165) is 0 Å². The average molecular weight is 383 g/mol. The molecule has 0 saturated carbocycles. The molecule has 0 aliphatic heterocycles. The van der Waals surface area contributed by atoms with E-state index in [-0.39, 0.29) is 13.3 Å². The van der Waals surface area contributed by atoms with Crippen molar-refractivity contribution in [3.63, 3.8) is 0 Å². The van der Waals surface area contributed by atoms with E-state index in [4.69, 9.17) is 15.6 Å². The molecule has 0 spiro atoms. The summed E-state index contributed by atoms with van der Waals surface area (Å²) >= 11 is 0. The Morgan fingerprint density at radius 1 is 1.13 bits per heavy atom. The Hall–Kier alpha value is -0.710. The summed E-state index contributed by atoms with van der Waals surface area (Å²) in [5, 5.41) is 27.8. The summed E-state index contributed by atoms with van der Waals surface area (Å²) < 4.78 is 75.6. The molecule has 12 nitrogen and oxygen atoms in total. The second kappa shape index (κ2) is 8.95. The highest BCUT2D eigenvalue weighted by Gasteiger charge is 2.43. The van der Waals surface area contributed by atoms with Crippen LogP contribution in [-0.2, 0) is 34.0 Å². The van der Waals surface area contributed by atoms with Crippen molar-refractivity contribution in [3.8, 4) is 0 Å². The lowest BCUT2D eigenvalue weighted by Crippen LogP contribution is -2.52. The summed E-state index contributed by atoms with van der Waals surface area (Å²) in [6, 6.07) is 0. The summed E-state index contributed by atoms with van der Waals surface area (Å²) in [6.45, 7) is -1.41. The Bertz CT molecular complexity index is 602. The first-order valence-electron chi connectivity index (χ1n) is 6.63. The Labute approximate surface area is 134 Å². The number of aliphatic hydroxyl groups excluding tert-OH is 3. The average Bonchev–Trinajstić information content (AvgIpc) is 2.44. The summed E-state index contributed by atoms with van der Waals surface area (Å²) in [5.41, 5.74) is 0. The van der Waals surface area contributed by atoms with Gasteiger partial charge in [0.2, 0.25) is 0 Å². The summed E-state index contributed by atoms with van der Waals surface area (Å²) in [5.74, 6) is -1.21. The van der Waals surface area contributed by atoms with Gasteiger partial charge < -0.3 is 15.3 Å². The van der Waals surface area contributed by atoms with Gasteiger partial charge in [0.25, 0.3) is 0 Å². The lowest BCUT2D eigenvalue weighted by molar-refractivity contribution is -0.140. The Morgan fingerprint density at radius 2 is 1.65 bits per heavy atom. The molecule has 0 aromatic carbocycles. The minimum Gasteiger partial charge on any atom is -0.394 e. The highest BCUT2D eigenvalue weighted by atomic mass is 32.3. The first kappa shape index (κ1) is 20.3. The maximum atomic E-state index is 11.9. The largest absolute Gasteiger partial charge is 0.398 e. The fourth-order valence-corrected chi connectivity index (χ4v) is 2.47. The van der Waals surface area contributed by atoms with Crippen LogP contribution in [0.5, 0.6) is 0 Å². The van der Waals surface area contributed by atoms with E-state index < -0.39 is 64.0 Å². The maximum Gasteiger partial charge on any atom is 0.398 e. The second-order valence-electron chi connectivity index (χ2n) is 4.24. The van der Waals surface area contributed by atoms with E-state index in [9.17, 15) is 31.8 Å². The quantitative estimate of drug-likeness (QED) is 0.234. The molecule has 0 aromatic rings. The number of carbonyl (C=O) groups is 1. The molecule has 0 saturated heterocycles. The van der Waals surface area contributed by atoms with Crippen LogP contribution in [0, 0.1) is 0 Å². The number of carbonyl (C=O) groups excluding carboxylic acids is 1. The fraction of sp³-hybridized carbons (Fsp3) is 0.889. The standard InChI is InChI=1S/C9H18O12S2/c1-2-3-5(11)8(20-22(14,15)16)9(21-23(17,18)19)7(13)6(12)4-10/h6-10,12-13H,2-4H2,1H3,(H,14,15,16)(H,17,18,19)/t6-,7-,8+,9+/m1/s1/i1D. The van der Waals surface area contributed by atoms with Crippen LogP contribution in [0.3, 0.4) is 0 Å². The lowest BCUT2D eigenvalue weighted by atomic mass is 9.98. The maximum absolute atomic E-state index is 11.9. The van der Waals surface area contributed by atoms with Crippen LogP contribution < -0.4 is 0 Å². The molecule has 0 rings (SSSR count). The van der Waals surface area contributed by atoms with E-state index in [1.165, 1.54) is 0 Å². The minimum absolute atomic E-state index is 0.110. The van der Waals surface area contributed by atoms with Crippen molar-refractivity contribution in [2.45, 2.75) is 44.2 Å². The van der Waals surface area contributed by atoms with Gasteiger partial charge in [-0.1, -0.05) is 6.90 Å². The molecule has 138 valence electrons. The highest BCUT2D eigenvalue weighted by molar-refractivity contribution is 7.81. The third-order valence-electron chi connectivity index (χ3n) is 2.41. The number of hydrogen-bond acceptors (Lipinski definition) is 10. The fourth-order valence-electron chi connectivity index (χ4n) is 1.49. The molecule has 0 aromatic heterocycles. The van der Waals surface area contributed by atoms with E-state index in [1.807, 2.05) is 0 Å². The van der Waals surface area contributed by atoms with Crippen molar-refractivity contribution < 1.29 is 55.8 Å². The third kappa shape index (κ3) is 8.63. The van der Waals surface area contributed by atoms with Gasteiger partial charge in [-0.2, -0.15) is 16.8 Å². The van der Waals surface area contributed by atoms with Crippen LogP contribution in [0.25, 0.3) is 0 Å². The first-order chi connectivity index (χ1) is 10.8. The summed E-state index contributed by atoms with van der Waals surface area (Å²) in [4.78, 5) is 11.9. The second-order valence-corrected chi connectivity index (χ2v) is 6.34. The molecule has 4 atom stereocenters. The van der Waals surface area contributed by atoms with Gasteiger partial charge in [0, 0.05) is 7.79 Å². The number of rotatable bonds is 11. The molecule has 0 aliphatic carbocycles. The number of hydrogen-bond donors (Lipinski definition) is 5. The molecule has 0 heterocycles. The van der Waals surface area contributed by atoms with Gasteiger partial charge in [0.05, 0.1) is 6.61 Å².